The Hall–Kier alpha value is -3.89. The van der Waals surface area contributed by atoms with E-state index in [1.54, 1.807) is 17.9 Å². The molecule has 3 aromatic heterocycles. The number of aromatic amines is 1. The van der Waals surface area contributed by atoms with E-state index in [4.69, 9.17) is 4.52 Å². The summed E-state index contributed by atoms with van der Waals surface area (Å²) in [6.45, 7) is 2.81. The number of Topliss-reactive ketones (excluding diaryl/α,β-unsaturated/α-hetero) is 1. The maximum Gasteiger partial charge on any atom is 0.295 e. The van der Waals surface area contributed by atoms with Gasteiger partial charge in [0.1, 0.15) is 5.69 Å². The van der Waals surface area contributed by atoms with Crippen LogP contribution in [0.2, 0.25) is 0 Å². The van der Waals surface area contributed by atoms with Crippen molar-refractivity contribution in [3.63, 3.8) is 0 Å². The lowest BCUT2D eigenvalue weighted by Gasteiger charge is -2.33. The number of allylic oxidation sites excluding steroid dienone is 1. The predicted molar refractivity (Wildman–Crippen MR) is 102 cm³/mol. The molecule has 4 heterocycles. The van der Waals surface area contributed by atoms with Crippen LogP contribution in [-0.2, 0) is 9.59 Å². The SMILES string of the molecule is C/C=C/C(=O)N1CCN(C(=O)C(=O)c2c[nH]c3c(-c4ncon4)ncc(F)c23)CC1. The van der Waals surface area contributed by atoms with Gasteiger partial charge in [-0.1, -0.05) is 11.2 Å². The summed E-state index contributed by atoms with van der Waals surface area (Å²) < 4.78 is 19.2. The Kier molecular flexibility index (Phi) is 5.09. The van der Waals surface area contributed by atoms with Crippen LogP contribution in [0.15, 0.2) is 35.5 Å². The number of H-pyrrole nitrogens is 1. The number of hydrogen-bond acceptors (Lipinski definition) is 7. The summed E-state index contributed by atoms with van der Waals surface area (Å²) in [4.78, 5) is 51.1. The number of aromatic nitrogens is 4. The number of ketones is 1. The third-order valence-electron chi connectivity index (χ3n) is 4.86. The van der Waals surface area contributed by atoms with Gasteiger partial charge >= 0.3 is 0 Å². The third kappa shape index (κ3) is 3.34. The van der Waals surface area contributed by atoms with Gasteiger partial charge < -0.3 is 19.3 Å². The number of carbonyl (C=O) groups excluding carboxylic acids is 3. The zero-order valence-electron chi connectivity index (χ0n) is 16.0. The van der Waals surface area contributed by atoms with E-state index in [0.717, 1.165) is 12.6 Å². The molecule has 0 aliphatic carbocycles. The standard InChI is InChI=1S/C19H17FN6O4/c1-2-3-13(27)25-4-6-26(7-5-25)19(29)17(28)11-8-21-15-14(11)12(20)9-22-16(15)18-23-10-30-24-18/h2-3,8-10,21H,4-7H2,1H3/b3-2+. The molecular formula is C19H17FN6O4. The normalized spacial score (nSPS) is 14.6. The zero-order chi connectivity index (χ0) is 21.3. The second kappa shape index (κ2) is 7.85. The van der Waals surface area contributed by atoms with Crippen LogP contribution in [0.1, 0.15) is 17.3 Å². The molecule has 1 N–H and O–H groups in total. The molecule has 4 rings (SSSR count). The van der Waals surface area contributed by atoms with Gasteiger partial charge in [0.2, 0.25) is 18.1 Å². The minimum Gasteiger partial charge on any atom is -0.358 e. The molecule has 1 fully saturated rings. The summed E-state index contributed by atoms with van der Waals surface area (Å²) in [5.74, 6) is -2.38. The summed E-state index contributed by atoms with van der Waals surface area (Å²) >= 11 is 0. The van der Waals surface area contributed by atoms with Crippen LogP contribution in [0.25, 0.3) is 22.4 Å². The molecule has 1 aliphatic rings. The molecule has 1 saturated heterocycles. The van der Waals surface area contributed by atoms with Crippen molar-refractivity contribution in [2.24, 2.45) is 0 Å². The van der Waals surface area contributed by atoms with Crippen molar-refractivity contribution in [2.45, 2.75) is 6.92 Å². The highest BCUT2D eigenvalue weighted by molar-refractivity contribution is 6.45. The van der Waals surface area contributed by atoms with Gasteiger partial charge in [-0.2, -0.15) is 4.98 Å². The number of rotatable bonds is 4. The Balaban J connectivity index is 1.58. The minimum atomic E-state index is -0.848. The molecule has 2 amide bonds. The average molecular weight is 412 g/mol. The Morgan fingerprint density at radius 3 is 2.57 bits per heavy atom. The number of nitrogens with zero attached hydrogens (tertiary/aromatic N) is 5. The zero-order valence-corrected chi connectivity index (χ0v) is 16.0. The summed E-state index contributed by atoms with van der Waals surface area (Å²) in [5.41, 5.74) is 0.282. The molecule has 30 heavy (non-hydrogen) atoms. The van der Waals surface area contributed by atoms with E-state index in [1.165, 1.54) is 17.2 Å². The van der Waals surface area contributed by atoms with E-state index in [1.807, 2.05) is 0 Å². The van der Waals surface area contributed by atoms with E-state index >= 15 is 0 Å². The van der Waals surface area contributed by atoms with Crippen molar-refractivity contribution in [1.29, 1.82) is 0 Å². The van der Waals surface area contributed by atoms with Gasteiger partial charge in [0, 0.05) is 32.4 Å². The second-order valence-corrected chi connectivity index (χ2v) is 6.61. The second-order valence-electron chi connectivity index (χ2n) is 6.61. The first-order chi connectivity index (χ1) is 14.5. The summed E-state index contributed by atoms with van der Waals surface area (Å²) in [5, 5.41) is 3.61. The lowest BCUT2D eigenvalue weighted by Crippen LogP contribution is -2.51. The fourth-order valence-electron chi connectivity index (χ4n) is 3.37. The Morgan fingerprint density at radius 2 is 1.90 bits per heavy atom. The molecule has 0 saturated carbocycles. The number of carbonyl (C=O) groups is 3. The number of amides is 2. The fourth-order valence-corrected chi connectivity index (χ4v) is 3.37. The van der Waals surface area contributed by atoms with Crippen molar-refractivity contribution in [1.82, 2.24) is 29.9 Å². The summed E-state index contributed by atoms with van der Waals surface area (Å²) in [7, 11) is 0. The number of fused-ring (bicyclic) bond motifs is 1. The number of nitrogens with one attached hydrogen (secondary N) is 1. The van der Waals surface area contributed by atoms with Crippen molar-refractivity contribution in [3.05, 3.63) is 42.3 Å². The number of halogens is 1. The average Bonchev–Trinajstić information content (AvgIpc) is 3.44. The van der Waals surface area contributed by atoms with Crippen molar-refractivity contribution in [2.75, 3.05) is 26.2 Å². The van der Waals surface area contributed by atoms with Gasteiger partial charge in [-0.25, -0.2) is 9.37 Å². The topological polar surface area (TPSA) is 125 Å². The minimum absolute atomic E-state index is 0.0648. The first-order valence-corrected chi connectivity index (χ1v) is 9.18. The van der Waals surface area contributed by atoms with Crippen LogP contribution in [0.4, 0.5) is 4.39 Å². The maximum atomic E-state index is 14.5. The van der Waals surface area contributed by atoms with E-state index in [-0.39, 0.29) is 47.0 Å². The Bertz CT molecular complexity index is 1150. The van der Waals surface area contributed by atoms with Crippen LogP contribution < -0.4 is 0 Å². The van der Waals surface area contributed by atoms with Crippen LogP contribution in [0.3, 0.4) is 0 Å². The van der Waals surface area contributed by atoms with Crippen LogP contribution in [0.5, 0.6) is 0 Å². The van der Waals surface area contributed by atoms with E-state index < -0.39 is 17.5 Å². The molecule has 3 aromatic rings. The lowest BCUT2D eigenvalue weighted by atomic mass is 10.1. The van der Waals surface area contributed by atoms with Gasteiger partial charge in [-0.3, -0.25) is 14.4 Å². The molecule has 154 valence electrons. The molecule has 0 unspecified atom stereocenters. The highest BCUT2D eigenvalue weighted by Crippen LogP contribution is 2.28. The molecule has 1 aliphatic heterocycles. The van der Waals surface area contributed by atoms with Gasteiger partial charge in [0.25, 0.3) is 11.7 Å². The molecule has 0 atom stereocenters. The largest absolute Gasteiger partial charge is 0.358 e. The molecule has 0 aromatic carbocycles. The van der Waals surface area contributed by atoms with Crippen LogP contribution in [-0.4, -0.2) is 73.7 Å². The number of pyridine rings is 1. The predicted octanol–water partition coefficient (Wildman–Crippen LogP) is 1.18. The van der Waals surface area contributed by atoms with E-state index in [0.29, 0.717) is 13.1 Å². The molecular weight excluding hydrogens is 395 g/mol. The first-order valence-electron chi connectivity index (χ1n) is 9.18. The van der Waals surface area contributed by atoms with Crippen LogP contribution >= 0.6 is 0 Å². The van der Waals surface area contributed by atoms with Crippen molar-refractivity contribution >= 4 is 28.5 Å². The molecule has 0 bridgehead atoms. The third-order valence-corrected chi connectivity index (χ3v) is 4.86. The summed E-state index contributed by atoms with van der Waals surface area (Å²) in [6, 6.07) is 0. The van der Waals surface area contributed by atoms with Gasteiger partial charge in [0.05, 0.1) is 22.7 Å². The van der Waals surface area contributed by atoms with E-state index in [9.17, 15) is 18.8 Å². The smallest absolute Gasteiger partial charge is 0.295 e. The molecule has 11 heteroatoms. The lowest BCUT2D eigenvalue weighted by molar-refractivity contribution is -0.134. The first kappa shape index (κ1) is 19.4. The monoisotopic (exact) mass is 412 g/mol. The van der Waals surface area contributed by atoms with E-state index in [2.05, 4.69) is 20.1 Å². The Morgan fingerprint density at radius 1 is 1.17 bits per heavy atom. The van der Waals surface area contributed by atoms with Gasteiger partial charge in [-0.05, 0) is 13.0 Å². The molecule has 0 spiro atoms. The van der Waals surface area contributed by atoms with Crippen LogP contribution in [0, 0.1) is 5.82 Å². The quantitative estimate of drug-likeness (QED) is 0.387. The summed E-state index contributed by atoms with van der Waals surface area (Å²) in [6.07, 6.45) is 6.41. The Labute approximate surface area is 169 Å². The fraction of sp³-hybridized carbons (Fsp3) is 0.263. The van der Waals surface area contributed by atoms with Crippen molar-refractivity contribution in [3.8, 4) is 11.5 Å². The van der Waals surface area contributed by atoms with Gasteiger partial charge in [0.15, 0.2) is 5.82 Å². The molecule has 0 radical (unpaired) electrons. The van der Waals surface area contributed by atoms with Gasteiger partial charge in [-0.15, -0.1) is 0 Å². The van der Waals surface area contributed by atoms with Crippen molar-refractivity contribution < 1.29 is 23.3 Å². The highest BCUT2D eigenvalue weighted by atomic mass is 19.1. The maximum absolute atomic E-state index is 14.5. The number of hydrogen-bond donors (Lipinski definition) is 1. The molecule has 10 nitrogen and oxygen atoms in total. The number of piperazine rings is 1. The highest BCUT2D eigenvalue weighted by Gasteiger charge is 2.30.